The van der Waals surface area contributed by atoms with Gasteiger partial charge in [-0.3, -0.25) is 4.99 Å². The van der Waals surface area contributed by atoms with Gasteiger partial charge in [-0.1, -0.05) is 19.9 Å². The van der Waals surface area contributed by atoms with E-state index >= 15 is 0 Å². The molecule has 16 heavy (non-hydrogen) atoms. The Bertz CT molecular complexity index is 191. The minimum Gasteiger partial charge on any atom is -0.360 e. The normalized spacial score (nSPS) is 13.6. The van der Waals surface area contributed by atoms with Crippen LogP contribution in [0.1, 0.15) is 33.6 Å². The summed E-state index contributed by atoms with van der Waals surface area (Å²) in [7, 11) is 3.17. The van der Waals surface area contributed by atoms with Gasteiger partial charge in [-0.15, -0.1) is 0 Å². The summed E-state index contributed by atoms with van der Waals surface area (Å²) < 4.78 is 10.4. The molecule has 0 aromatic rings. The first kappa shape index (κ1) is 15.8. The van der Waals surface area contributed by atoms with Gasteiger partial charge >= 0.3 is 0 Å². The second kappa shape index (κ2) is 9.99. The van der Waals surface area contributed by atoms with Crippen molar-refractivity contribution in [2.45, 2.75) is 45.6 Å². The number of ether oxygens (including phenoxy) is 2. The molecule has 0 N–H and O–H groups in total. The molecule has 0 aromatic heterocycles. The van der Waals surface area contributed by atoms with Gasteiger partial charge in [0.1, 0.15) is 5.91 Å². The van der Waals surface area contributed by atoms with E-state index in [1.165, 1.54) is 18.2 Å². The Balaban J connectivity index is 3.51. The van der Waals surface area contributed by atoms with E-state index in [4.69, 9.17) is 9.47 Å². The Morgan fingerprint density at radius 3 is 2.38 bits per heavy atom. The third-order valence-corrected chi connectivity index (χ3v) is 4.51. The number of aliphatic imine (C=N–C) groups is 1. The lowest BCUT2D eigenvalue weighted by Crippen LogP contribution is -2.21. The highest BCUT2D eigenvalue weighted by molar-refractivity contribution is 6.36. The fourth-order valence-electron chi connectivity index (χ4n) is 1.68. The molecule has 0 unspecified atom stereocenters. The van der Waals surface area contributed by atoms with E-state index in [0.29, 0.717) is 5.92 Å². The van der Waals surface area contributed by atoms with E-state index in [9.17, 15) is 0 Å². The molecule has 0 bridgehead atoms. The van der Waals surface area contributed by atoms with Gasteiger partial charge in [-0.05, 0) is 25.7 Å². The Hall–Kier alpha value is -0.193. The summed E-state index contributed by atoms with van der Waals surface area (Å²) in [6.07, 6.45) is 2.29. The maximum Gasteiger partial charge on any atom is 0.134 e. The van der Waals surface area contributed by atoms with Gasteiger partial charge in [0.05, 0.1) is 9.52 Å². The molecule has 0 heterocycles. The summed E-state index contributed by atoms with van der Waals surface area (Å²) in [5.41, 5.74) is 1.28. The first-order valence-corrected chi connectivity index (χ1v) is 7.97. The average Bonchev–Trinajstić information content (AvgIpc) is 2.22. The lowest BCUT2D eigenvalue weighted by atomic mass is 10.1. The van der Waals surface area contributed by atoms with Gasteiger partial charge in [0.25, 0.3) is 0 Å². The summed E-state index contributed by atoms with van der Waals surface area (Å²) >= 11 is 0. The first-order chi connectivity index (χ1) is 7.60. The molecule has 4 heteroatoms. The van der Waals surface area contributed by atoms with Crippen LogP contribution in [-0.2, 0) is 9.47 Å². The summed E-state index contributed by atoms with van der Waals surface area (Å²) in [6.45, 7) is 7.55. The fraction of sp³-hybridized carbons (Fsp3) is 0.917. The van der Waals surface area contributed by atoms with Crippen LogP contribution in [0.15, 0.2) is 4.99 Å². The lowest BCUT2D eigenvalue weighted by molar-refractivity contribution is -0.0441. The molecule has 96 valence electrons. The molecule has 0 aliphatic carbocycles. The highest BCUT2D eigenvalue weighted by atomic mass is 28.2. The zero-order valence-electron chi connectivity index (χ0n) is 11.5. The zero-order chi connectivity index (χ0) is 12.4. The minimum atomic E-state index is -0.255. The topological polar surface area (TPSA) is 30.8 Å². The van der Waals surface area contributed by atoms with Crippen LogP contribution in [0.3, 0.4) is 0 Å². The molecule has 3 nitrogen and oxygen atoms in total. The van der Waals surface area contributed by atoms with E-state index in [2.05, 4.69) is 25.8 Å². The van der Waals surface area contributed by atoms with Gasteiger partial charge in [-0.25, -0.2) is 0 Å². The summed E-state index contributed by atoms with van der Waals surface area (Å²) in [5.74, 6) is 0.797. The standard InChI is InChI=1S/C12H27NO2Si/c1-10(2)9-11(3)13-7-6-8-16-12(14-4)15-5/h10,12H,6-9,16H2,1-5H3. The smallest absolute Gasteiger partial charge is 0.134 e. The van der Waals surface area contributed by atoms with Crippen molar-refractivity contribution in [2.75, 3.05) is 20.8 Å². The Labute approximate surface area is 102 Å². The van der Waals surface area contributed by atoms with Crippen LogP contribution < -0.4 is 0 Å². The van der Waals surface area contributed by atoms with Crippen LogP contribution in [-0.4, -0.2) is 41.9 Å². The first-order valence-electron chi connectivity index (χ1n) is 6.15. The number of hydrogen-bond donors (Lipinski definition) is 0. The third kappa shape index (κ3) is 9.06. The largest absolute Gasteiger partial charge is 0.360 e. The summed E-state index contributed by atoms with van der Waals surface area (Å²) in [4.78, 5) is 4.57. The Morgan fingerprint density at radius 1 is 1.25 bits per heavy atom. The second-order valence-corrected chi connectivity index (χ2v) is 6.56. The van der Waals surface area contributed by atoms with E-state index in [1.54, 1.807) is 14.2 Å². The highest BCUT2D eigenvalue weighted by Crippen LogP contribution is 2.02. The summed E-state index contributed by atoms with van der Waals surface area (Å²) in [6, 6.07) is 1.24. The summed E-state index contributed by atoms with van der Waals surface area (Å²) in [5, 5.41) is 0. The van der Waals surface area contributed by atoms with Gasteiger partial charge in [0.2, 0.25) is 0 Å². The Morgan fingerprint density at radius 2 is 1.88 bits per heavy atom. The van der Waals surface area contributed by atoms with Crippen LogP contribution in [0.2, 0.25) is 6.04 Å². The van der Waals surface area contributed by atoms with Crippen LogP contribution in [0.25, 0.3) is 0 Å². The molecule has 0 saturated carbocycles. The van der Waals surface area contributed by atoms with E-state index in [-0.39, 0.29) is 15.4 Å². The van der Waals surface area contributed by atoms with Crippen molar-refractivity contribution < 1.29 is 9.47 Å². The van der Waals surface area contributed by atoms with Crippen molar-refractivity contribution in [3.8, 4) is 0 Å². The van der Waals surface area contributed by atoms with Crippen molar-refractivity contribution >= 4 is 15.2 Å². The number of hydrogen-bond acceptors (Lipinski definition) is 3. The van der Waals surface area contributed by atoms with Crippen molar-refractivity contribution in [3.05, 3.63) is 0 Å². The molecule has 0 amide bonds. The molecule has 0 fully saturated rings. The van der Waals surface area contributed by atoms with Crippen LogP contribution >= 0.6 is 0 Å². The van der Waals surface area contributed by atoms with Gasteiger partial charge in [0.15, 0.2) is 0 Å². The van der Waals surface area contributed by atoms with Crippen molar-refractivity contribution in [3.63, 3.8) is 0 Å². The van der Waals surface area contributed by atoms with E-state index in [1.807, 2.05) is 0 Å². The molecule has 0 saturated heterocycles. The predicted octanol–water partition coefficient (Wildman–Crippen LogP) is 2.05. The average molecular weight is 245 g/mol. The molecule has 0 aliphatic heterocycles. The SMILES string of the molecule is COC(OC)[SiH2]CCCN=C(C)CC(C)C. The quantitative estimate of drug-likeness (QED) is 0.269. The molecular weight excluding hydrogens is 218 g/mol. The van der Waals surface area contributed by atoms with Crippen LogP contribution in [0.4, 0.5) is 0 Å². The van der Waals surface area contributed by atoms with Gasteiger partial charge < -0.3 is 9.47 Å². The lowest BCUT2D eigenvalue weighted by Gasteiger charge is -2.11. The number of methoxy groups -OCH3 is 2. The van der Waals surface area contributed by atoms with Gasteiger partial charge in [0, 0.05) is 26.5 Å². The Kier molecular flexibility index (Phi) is 9.87. The molecule has 0 radical (unpaired) electrons. The zero-order valence-corrected chi connectivity index (χ0v) is 12.9. The highest BCUT2D eigenvalue weighted by Gasteiger charge is 2.04. The molecular formula is C12H27NO2Si. The fourth-order valence-corrected chi connectivity index (χ4v) is 3.00. The van der Waals surface area contributed by atoms with Crippen molar-refractivity contribution in [1.29, 1.82) is 0 Å². The number of nitrogens with zero attached hydrogens (tertiary/aromatic N) is 1. The molecule has 0 spiro atoms. The second-order valence-electron chi connectivity index (χ2n) is 4.61. The minimum absolute atomic E-state index is 0.0840. The van der Waals surface area contributed by atoms with Crippen LogP contribution in [0.5, 0.6) is 0 Å². The number of rotatable bonds is 9. The predicted molar refractivity (Wildman–Crippen MR) is 73.2 cm³/mol. The van der Waals surface area contributed by atoms with Crippen molar-refractivity contribution in [1.82, 2.24) is 0 Å². The molecule has 0 aliphatic rings. The van der Waals surface area contributed by atoms with Crippen LogP contribution in [0, 0.1) is 5.92 Å². The van der Waals surface area contributed by atoms with Gasteiger partial charge in [-0.2, -0.15) is 0 Å². The molecule has 0 atom stereocenters. The van der Waals surface area contributed by atoms with Crippen molar-refractivity contribution in [2.24, 2.45) is 10.9 Å². The van der Waals surface area contributed by atoms with E-state index in [0.717, 1.165) is 13.0 Å². The maximum absolute atomic E-state index is 5.18. The van der Waals surface area contributed by atoms with E-state index < -0.39 is 0 Å². The third-order valence-electron chi connectivity index (χ3n) is 2.46. The maximum atomic E-state index is 5.18. The molecule has 0 aromatic carbocycles. The monoisotopic (exact) mass is 245 g/mol. The molecule has 0 rings (SSSR count).